The van der Waals surface area contributed by atoms with E-state index >= 15 is 0 Å². The van der Waals surface area contributed by atoms with Gasteiger partial charge >= 0.3 is 0 Å². The number of anilines is 1. The summed E-state index contributed by atoms with van der Waals surface area (Å²) in [5, 5.41) is 3.35. The monoisotopic (exact) mass is 233 g/mol. The summed E-state index contributed by atoms with van der Waals surface area (Å²) in [6, 6.07) is 6.43. The predicted octanol–water partition coefficient (Wildman–Crippen LogP) is 2.71. The molecule has 1 N–H and O–H groups in total. The van der Waals surface area contributed by atoms with Crippen molar-refractivity contribution >= 4 is 16.8 Å². The van der Waals surface area contributed by atoms with Gasteiger partial charge < -0.3 is 14.6 Å². The largest absolute Gasteiger partial charge is 0.439 e. The van der Waals surface area contributed by atoms with Gasteiger partial charge in [-0.15, -0.1) is 0 Å². The van der Waals surface area contributed by atoms with Crippen LogP contribution < -0.4 is 5.32 Å². The second kappa shape index (κ2) is 4.75. The molecule has 4 heteroatoms. The van der Waals surface area contributed by atoms with E-state index in [1.165, 1.54) is 0 Å². The van der Waals surface area contributed by atoms with Crippen LogP contribution in [0.4, 0.5) is 5.69 Å². The van der Waals surface area contributed by atoms with Crippen LogP contribution in [0.1, 0.15) is 19.7 Å². The Morgan fingerprint density at radius 3 is 2.76 bits per heavy atom. The maximum Gasteiger partial charge on any atom is 0.209 e. The number of nitrogens with one attached hydrogen (secondary N) is 1. The van der Waals surface area contributed by atoms with Crippen LogP contribution in [0.3, 0.4) is 0 Å². The molecular weight excluding hydrogens is 214 g/mol. The van der Waals surface area contributed by atoms with E-state index in [9.17, 15) is 0 Å². The minimum absolute atomic E-state index is 0.417. The lowest BCUT2D eigenvalue weighted by Crippen LogP contribution is -2.10. The van der Waals surface area contributed by atoms with Crippen molar-refractivity contribution in [1.82, 2.24) is 9.88 Å². The van der Waals surface area contributed by atoms with Crippen molar-refractivity contribution < 1.29 is 4.42 Å². The smallest absolute Gasteiger partial charge is 0.209 e. The molecule has 1 aromatic carbocycles. The Balaban J connectivity index is 2.27. The number of oxazole rings is 1. The van der Waals surface area contributed by atoms with Crippen LogP contribution >= 0.6 is 0 Å². The first-order valence-electron chi connectivity index (χ1n) is 5.85. The van der Waals surface area contributed by atoms with Crippen molar-refractivity contribution in [1.29, 1.82) is 0 Å². The van der Waals surface area contributed by atoms with Crippen molar-refractivity contribution in [2.24, 2.45) is 0 Å². The third kappa shape index (κ3) is 2.97. The number of aromatic nitrogens is 1. The van der Waals surface area contributed by atoms with Crippen LogP contribution in [-0.2, 0) is 6.54 Å². The number of rotatable bonds is 4. The lowest BCUT2D eigenvalue weighted by atomic mass is 10.2. The van der Waals surface area contributed by atoms with Crippen LogP contribution in [0.15, 0.2) is 22.6 Å². The van der Waals surface area contributed by atoms with Gasteiger partial charge in [0.25, 0.3) is 0 Å². The molecule has 2 rings (SSSR count). The summed E-state index contributed by atoms with van der Waals surface area (Å²) in [5.74, 6) is 0.756. The van der Waals surface area contributed by atoms with E-state index in [-0.39, 0.29) is 0 Å². The van der Waals surface area contributed by atoms with E-state index in [4.69, 9.17) is 4.42 Å². The van der Waals surface area contributed by atoms with Gasteiger partial charge in [0, 0.05) is 11.7 Å². The van der Waals surface area contributed by atoms with Crippen LogP contribution in [0, 0.1) is 0 Å². The molecule has 0 bridgehead atoms. The topological polar surface area (TPSA) is 41.3 Å². The van der Waals surface area contributed by atoms with Gasteiger partial charge in [0.05, 0.1) is 6.54 Å². The van der Waals surface area contributed by atoms with Gasteiger partial charge in [-0.1, -0.05) is 0 Å². The number of hydrogen-bond acceptors (Lipinski definition) is 4. The average molecular weight is 233 g/mol. The summed E-state index contributed by atoms with van der Waals surface area (Å²) in [7, 11) is 4.00. The zero-order valence-corrected chi connectivity index (χ0v) is 10.8. The molecule has 0 unspecified atom stereocenters. The number of fused-ring (bicyclic) bond motifs is 1. The molecule has 2 aromatic rings. The van der Waals surface area contributed by atoms with E-state index in [2.05, 4.69) is 24.1 Å². The maximum absolute atomic E-state index is 5.66. The fourth-order valence-electron chi connectivity index (χ4n) is 1.74. The summed E-state index contributed by atoms with van der Waals surface area (Å²) in [6.45, 7) is 4.95. The van der Waals surface area contributed by atoms with E-state index in [1.54, 1.807) is 0 Å². The molecule has 0 aliphatic rings. The normalized spacial score (nSPS) is 11.6. The highest BCUT2D eigenvalue weighted by Gasteiger charge is 2.07. The second-order valence-electron chi connectivity index (χ2n) is 4.83. The average Bonchev–Trinajstić information content (AvgIpc) is 2.56. The van der Waals surface area contributed by atoms with E-state index < -0.39 is 0 Å². The minimum Gasteiger partial charge on any atom is -0.439 e. The maximum atomic E-state index is 5.66. The first-order valence-corrected chi connectivity index (χ1v) is 5.85. The summed E-state index contributed by atoms with van der Waals surface area (Å²) >= 11 is 0. The van der Waals surface area contributed by atoms with Gasteiger partial charge in [-0.25, -0.2) is 4.98 Å². The lowest BCUT2D eigenvalue weighted by Gasteiger charge is -2.08. The standard InChI is InChI=1S/C13H19N3O/c1-9(2)14-10-5-6-12-11(7-10)15-13(17-12)8-16(3)4/h5-7,9,14H,8H2,1-4H3. The molecule has 4 nitrogen and oxygen atoms in total. The molecule has 0 aliphatic heterocycles. The predicted molar refractivity (Wildman–Crippen MR) is 70.2 cm³/mol. The highest BCUT2D eigenvalue weighted by molar-refractivity contribution is 5.77. The molecule has 0 fully saturated rings. The van der Waals surface area contributed by atoms with Gasteiger partial charge in [-0.2, -0.15) is 0 Å². The highest BCUT2D eigenvalue weighted by atomic mass is 16.3. The van der Waals surface area contributed by atoms with Crippen LogP contribution in [0.5, 0.6) is 0 Å². The number of benzene rings is 1. The Labute approximate surface area is 102 Å². The first-order chi connectivity index (χ1) is 8.04. The molecule has 0 saturated carbocycles. The van der Waals surface area contributed by atoms with Gasteiger partial charge in [-0.3, -0.25) is 0 Å². The third-order valence-electron chi connectivity index (χ3n) is 2.34. The van der Waals surface area contributed by atoms with Crippen LogP contribution in [0.25, 0.3) is 11.1 Å². The van der Waals surface area contributed by atoms with Crippen molar-refractivity contribution in [3.8, 4) is 0 Å². The molecule has 0 saturated heterocycles. The first kappa shape index (κ1) is 11.9. The number of nitrogens with zero attached hydrogens (tertiary/aromatic N) is 2. The Kier molecular flexibility index (Phi) is 3.33. The zero-order valence-electron chi connectivity index (χ0n) is 10.8. The summed E-state index contributed by atoms with van der Waals surface area (Å²) in [5.41, 5.74) is 2.83. The minimum atomic E-state index is 0.417. The molecular formula is C13H19N3O. The Bertz CT molecular complexity index is 494. The lowest BCUT2D eigenvalue weighted by molar-refractivity contribution is 0.349. The molecule has 0 radical (unpaired) electrons. The van der Waals surface area contributed by atoms with Crippen molar-refractivity contribution in [2.45, 2.75) is 26.4 Å². The third-order valence-corrected chi connectivity index (χ3v) is 2.34. The Hall–Kier alpha value is -1.55. The van der Waals surface area contributed by atoms with Gasteiger partial charge in [0.1, 0.15) is 5.52 Å². The molecule has 1 heterocycles. The summed E-state index contributed by atoms with van der Waals surface area (Å²) in [4.78, 5) is 6.51. The summed E-state index contributed by atoms with van der Waals surface area (Å²) < 4.78 is 5.66. The Morgan fingerprint density at radius 2 is 2.12 bits per heavy atom. The molecule has 0 spiro atoms. The molecule has 17 heavy (non-hydrogen) atoms. The van der Waals surface area contributed by atoms with Crippen LogP contribution in [0.2, 0.25) is 0 Å². The van der Waals surface area contributed by atoms with E-state index in [0.29, 0.717) is 6.04 Å². The molecule has 92 valence electrons. The zero-order chi connectivity index (χ0) is 12.4. The fraction of sp³-hybridized carbons (Fsp3) is 0.462. The quantitative estimate of drug-likeness (QED) is 0.881. The SMILES string of the molecule is CC(C)Nc1ccc2oc(CN(C)C)nc2c1. The van der Waals surface area contributed by atoms with Crippen molar-refractivity contribution in [2.75, 3.05) is 19.4 Å². The van der Waals surface area contributed by atoms with E-state index in [1.807, 2.05) is 37.2 Å². The highest BCUT2D eigenvalue weighted by Crippen LogP contribution is 2.20. The fourth-order valence-corrected chi connectivity index (χ4v) is 1.74. The number of hydrogen-bond donors (Lipinski definition) is 1. The Morgan fingerprint density at radius 1 is 1.35 bits per heavy atom. The summed E-state index contributed by atoms with van der Waals surface area (Å²) in [6.07, 6.45) is 0. The van der Waals surface area contributed by atoms with Gasteiger partial charge in [0.2, 0.25) is 5.89 Å². The molecule has 0 amide bonds. The van der Waals surface area contributed by atoms with Gasteiger partial charge in [-0.05, 0) is 46.1 Å². The van der Waals surface area contributed by atoms with Crippen molar-refractivity contribution in [3.05, 3.63) is 24.1 Å². The van der Waals surface area contributed by atoms with Crippen LogP contribution in [-0.4, -0.2) is 30.0 Å². The molecule has 0 aliphatic carbocycles. The second-order valence-corrected chi connectivity index (χ2v) is 4.83. The van der Waals surface area contributed by atoms with Gasteiger partial charge in [0.15, 0.2) is 5.58 Å². The van der Waals surface area contributed by atoms with Crippen molar-refractivity contribution in [3.63, 3.8) is 0 Å². The van der Waals surface area contributed by atoms with E-state index in [0.717, 1.165) is 29.2 Å². The molecule has 0 atom stereocenters. The molecule has 1 aromatic heterocycles.